The molecule has 3 heteroatoms. The Bertz CT molecular complexity index is 704. The summed E-state index contributed by atoms with van der Waals surface area (Å²) in [7, 11) is -0.901. The molecule has 0 bridgehead atoms. The molecule has 22 heavy (non-hydrogen) atoms. The van der Waals surface area contributed by atoms with Crippen molar-refractivity contribution in [1.82, 2.24) is 0 Å². The Morgan fingerprint density at radius 2 is 1.14 bits per heavy atom. The molecule has 0 spiro atoms. The van der Waals surface area contributed by atoms with E-state index in [1.54, 1.807) is 7.11 Å². The van der Waals surface area contributed by atoms with Gasteiger partial charge in [0.1, 0.15) is 5.75 Å². The number of hydrogen-bond acceptors (Lipinski definition) is 1. The van der Waals surface area contributed by atoms with Gasteiger partial charge >= 0.3 is 0 Å². The Morgan fingerprint density at radius 1 is 0.682 bits per heavy atom. The van der Waals surface area contributed by atoms with Crippen LogP contribution in [0.2, 0.25) is 0 Å². The zero-order valence-electron chi connectivity index (χ0n) is 12.4. The maximum absolute atomic E-state index is 7.36. The van der Waals surface area contributed by atoms with E-state index in [9.17, 15) is 0 Å². The summed E-state index contributed by atoms with van der Waals surface area (Å²) in [5.74, 6) is 0.844. The van der Waals surface area contributed by atoms with Crippen LogP contribution in [-0.2, 0) is 0 Å². The van der Waals surface area contributed by atoms with Gasteiger partial charge in [-0.05, 0) is 16.4 Å². The van der Waals surface area contributed by atoms with Gasteiger partial charge in [0.2, 0.25) is 0 Å². The first kappa shape index (κ1) is 14.9. The largest absolute Gasteiger partial charge is 0.497 e. The minimum absolute atomic E-state index is 0.844. The van der Waals surface area contributed by atoms with Gasteiger partial charge < -0.3 is 4.74 Å². The number of para-hydroxylation sites is 1. The van der Waals surface area contributed by atoms with E-state index in [1.165, 1.54) is 0 Å². The maximum Gasteiger partial charge on any atom is 0.251 e. The number of rotatable bonds is 4. The number of benzene rings is 3. The van der Waals surface area contributed by atoms with E-state index in [2.05, 4.69) is 30.3 Å². The Balaban J connectivity index is 2.29. The molecule has 3 rings (SSSR count). The lowest BCUT2D eigenvalue weighted by Crippen LogP contribution is -2.63. The summed E-state index contributed by atoms with van der Waals surface area (Å²) in [4.78, 5) is 0. The first-order valence-electron chi connectivity index (χ1n) is 7.20. The summed E-state index contributed by atoms with van der Waals surface area (Å²) in [6.45, 7) is 0. The molecule has 0 heterocycles. The second-order valence-corrected chi connectivity index (χ2v) is 9.80. The highest BCUT2D eigenvalue weighted by Gasteiger charge is 2.39. The highest BCUT2D eigenvalue weighted by atomic mass is 35.6. The molecule has 0 N–H and O–H groups in total. The molecule has 0 unspecified atom stereocenters. The van der Waals surface area contributed by atoms with Crippen LogP contribution in [0.4, 0.5) is 0 Å². The monoisotopic (exact) mass is 324 g/mol. The molecule has 3 aromatic rings. The van der Waals surface area contributed by atoms with Crippen LogP contribution >= 0.6 is 11.1 Å². The van der Waals surface area contributed by atoms with Crippen molar-refractivity contribution in [2.75, 3.05) is 7.11 Å². The lowest BCUT2D eigenvalue weighted by Gasteiger charge is -2.27. The quantitative estimate of drug-likeness (QED) is 0.407. The van der Waals surface area contributed by atoms with Crippen molar-refractivity contribution in [2.24, 2.45) is 0 Å². The Kier molecular flexibility index (Phi) is 4.32. The van der Waals surface area contributed by atoms with Gasteiger partial charge in [0.05, 0.1) is 7.11 Å². The van der Waals surface area contributed by atoms with Crippen LogP contribution < -0.4 is 20.3 Å². The fourth-order valence-electron chi connectivity index (χ4n) is 2.74. The highest BCUT2D eigenvalue weighted by Crippen LogP contribution is 2.18. The summed E-state index contributed by atoms with van der Waals surface area (Å²) in [6.07, 6.45) is 0. The minimum Gasteiger partial charge on any atom is -0.497 e. The van der Waals surface area contributed by atoms with Crippen LogP contribution in [-0.4, -0.2) is 14.5 Å². The molecule has 0 atom stereocenters. The Morgan fingerprint density at radius 3 is 1.64 bits per heavy atom. The fraction of sp³-hybridized carbons (Fsp3) is 0.0526. The summed E-state index contributed by atoms with van der Waals surface area (Å²) in [6, 6.07) is 28.7. The summed E-state index contributed by atoms with van der Waals surface area (Å²) in [5.41, 5.74) is 0. The molecule has 110 valence electrons. The van der Waals surface area contributed by atoms with Crippen LogP contribution in [0.1, 0.15) is 0 Å². The van der Waals surface area contributed by atoms with E-state index < -0.39 is 7.38 Å². The molecular formula is C19H17ClOSi. The van der Waals surface area contributed by atoms with Crippen LogP contribution in [0.25, 0.3) is 0 Å². The molecule has 0 aliphatic rings. The van der Waals surface area contributed by atoms with Gasteiger partial charge in [-0.2, -0.15) is 0 Å². The molecule has 3 aromatic carbocycles. The van der Waals surface area contributed by atoms with E-state index >= 15 is 0 Å². The molecule has 0 amide bonds. The standard InChI is InChI=1S/C19H17ClOSi/c1-21-18-14-8-9-15-19(18)22(20,16-10-4-2-5-11-16)17-12-6-3-7-13-17/h2-15H,1H3. The van der Waals surface area contributed by atoms with Gasteiger partial charge in [-0.3, -0.25) is 0 Å². The second kappa shape index (κ2) is 6.38. The molecule has 0 radical (unpaired) electrons. The van der Waals surface area contributed by atoms with Crippen LogP contribution in [0.3, 0.4) is 0 Å². The zero-order chi connectivity index (χ0) is 15.4. The first-order valence-corrected chi connectivity index (χ1v) is 10.2. The number of methoxy groups -OCH3 is 1. The van der Waals surface area contributed by atoms with Gasteiger partial charge in [-0.25, -0.2) is 0 Å². The third kappa shape index (κ3) is 2.56. The van der Waals surface area contributed by atoms with E-state index in [0.29, 0.717) is 0 Å². The van der Waals surface area contributed by atoms with Gasteiger partial charge in [0, 0.05) is 5.19 Å². The van der Waals surface area contributed by atoms with Crippen LogP contribution in [0.5, 0.6) is 5.75 Å². The van der Waals surface area contributed by atoms with Crippen LogP contribution in [0, 0.1) is 0 Å². The third-order valence-electron chi connectivity index (χ3n) is 3.82. The zero-order valence-corrected chi connectivity index (χ0v) is 14.1. The van der Waals surface area contributed by atoms with Crippen molar-refractivity contribution in [1.29, 1.82) is 0 Å². The maximum atomic E-state index is 7.36. The van der Waals surface area contributed by atoms with Crippen LogP contribution in [0.15, 0.2) is 84.9 Å². The average Bonchev–Trinajstić information content (AvgIpc) is 2.62. The lowest BCUT2D eigenvalue weighted by molar-refractivity contribution is 0.418. The number of ether oxygens (including phenoxy) is 1. The Labute approximate surface area is 136 Å². The molecule has 0 saturated carbocycles. The Hall–Kier alpha value is -2.03. The summed E-state index contributed by atoms with van der Waals surface area (Å²) < 4.78 is 5.58. The van der Waals surface area contributed by atoms with Crippen molar-refractivity contribution in [2.45, 2.75) is 0 Å². The number of hydrogen-bond donors (Lipinski definition) is 0. The summed E-state index contributed by atoms with van der Waals surface area (Å²) in [5, 5.41) is 3.40. The second-order valence-electron chi connectivity index (χ2n) is 5.09. The van der Waals surface area contributed by atoms with Crippen molar-refractivity contribution in [3.63, 3.8) is 0 Å². The average molecular weight is 325 g/mol. The van der Waals surface area contributed by atoms with Gasteiger partial charge in [-0.15, -0.1) is 11.1 Å². The van der Waals surface area contributed by atoms with E-state index in [-0.39, 0.29) is 0 Å². The highest BCUT2D eigenvalue weighted by molar-refractivity contribution is 7.40. The molecule has 1 nitrogen and oxygen atoms in total. The van der Waals surface area contributed by atoms with Crippen molar-refractivity contribution >= 4 is 34.0 Å². The lowest BCUT2D eigenvalue weighted by atomic mass is 10.3. The topological polar surface area (TPSA) is 9.23 Å². The van der Waals surface area contributed by atoms with E-state index in [1.807, 2.05) is 54.6 Å². The van der Waals surface area contributed by atoms with Gasteiger partial charge in [-0.1, -0.05) is 78.9 Å². The smallest absolute Gasteiger partial charge is 0.251 e. The normalized spacial score (nSPS) is 11.2. The predicted molar refractivity (Wildman–Crippen MR) is 96.4 cm³/mol. The molecular weight excluding hydrogens is 308 g/mol. The van der Waals surface area contributed by atoms with E-state index in [0.717, 1.165) is 21.3 Å². The minimum atomic E-state index is -2.60. The molecule has 0 saturated heterocycles. The SMILES string of the molecule is COc1ccccc1[Si](Cl)(c1ccccc1)c1ccccc1. The number of halogens is 1. The molecule has 0 fully saturated rings. The van der Waals surface area contributed by atoms with Crippen molar-refractivity contribution in [3.8, 4) is 5.75 Å². The third-order valence-corrected chi connectivity index (χ3v) is 9.15. The molecule has 0 aliphatic carbocycles. The molecule has 0 aliphatic heterocycles. The van der Waals surface area contributed by atoms with Crippen molar-refractivity contribution in [3.05, 3.63) is 84.9 Å². The van der Waals surface area contributed by atoms with E-state index in [4.69, 9.17) is 15.8 Å². The van der Waals surface area contributed by atoms with Crippen molar-refractivity contribution < 1.29 is 4.74 Å². The fourth-order valence-corrected chi connectivity index (χ4v) is 7.08. The first-order chi connectivity index (χ1) is 10.8. The van der Waals surface area contributed by atoms with Gasteiger partial charge in [0.15, 0.2) is 0 Å². The summed E-state index contributed by atoms with van der Waals surface area (Å²) >= 11 is 7.36. The predicted octanol–water partition coefficient (Wildman–Crippen LogP) is 2.90. The van der Waals surface area contributed by atoms with Gasteiger partial charge in [0.25, 0.3) is 7.38 Å². The molecule has 0 aromatic heterocycles.